The predicted octanol–water partition coefficient (Wildman–Crippen LogP) is 1.43. The van der Waals surface area contributed by atoms with Crippen LogP contribution in [0.2, 0.25) is 12.1 Å². The van der Waals surface area contributed by atoms with E-state index in [0.717, 1.165) is 12.7 Å². The van der Waals surface area contributed by atoms with Gasteiger partial charge in [-0.1, -0.05) is 13.2 Å². The highest BCUT2D eigenvalue weighted by Crippen LogP contribution is 2.30. The van der Waals surface area contributed by atoms with E-state index in [1.807, 2.05) is 13.8 Å². The fourth-order valence-electron chi connectivity index (χ4n) is 1.37. The van der Waals surface area contributed by atoms with Crippen molar-refractivity contribution in [2.75, 3.05) is 0 Å². The van der Waals surface area contributed by atoms with Gasteiger partial charge in [-0.25, -0.2) is 0 Å². The summed E-state index contributed by atoms with van der Waals surface area (Å²) in [7, 11) is 2.13. The molecule has 0 amide bonds. The molecule has 1 aliphatic rings. The molecule has 1 radical (unpaired) electrons. The zero-order valence-electron chi connectivity index (χ0n) is 7.50. The normalized spacial score (nSPS) is 46.2. The Morgan fingerprint density at radius 2 is 2.18 bits per heavy atom. The molecule has 0 bridgehead atoms. The molecular weight excluding hydrogens is 139 g/mol. The lowest BCUT2D eigenvalue weighted by Gasteiger charge is -2.29. The zero-order valence-corrected chi connectivity index (χ0v) is 7.50. The molecule has 1 fully saturated rings. The van der Waals surface area contributed by atoms with Gasteiger partial charge in [0.2, 0.25) is 0 Å². The number of rotatable bonds is 0. The molecule has 63 valence electrons. The van der Waals surface area contributed by atoms with Crippen molar-refractivity contribution in [3.8, 4) is 0 Å². The maximum absolute atomic E-state index is 9.74. The molecule has 2 nitrogen and oxygen atoms in total. The summed E-state index contributed by atoms with van der Waals surface area (Å²) in [6.45, 7) is 5.72. The van der Waals surface area contributed by atoms with Crippen molar-refractivity contribution in [2.24, 2.45) is 0 Å². The summed E-state index contributed by atoms with van der Waals surface area (Å²) in [5.74, 6) is -0.830. The minimum atomic E-state index is -0.962. The number of ether oxygens (including phenoxy) is 1. The Labute approximate surface area is 69.2 Å². The zero-order chi connectivity index (χ0) is 8.48. The Balaban J connectivity index is 2.60. The Hall–Kier alpha value is -0.0151. The van der Waals surface area contributed by atoms with E-state index in [1.165, 1.54) is 0 Å². The first-order valence-corrected chi connectivity index (χ1v) is 4.26. The van der Waals surface area contributed by atoms with Gasteiger partial charge in [0.1, 0.15) is 7.28 Å². The van der Waals surface area contributed by atoms with Gasteiger partial charge in [-0.05, 0) is 26.1 Å². The lowest BCUT2D eigenvalue weighted by Crippen LogP contribution is -2.35. The van der Waals surface area contributed by atoms with Crippen LogP contribution in [-0.2, 0) is 4.74 Å². The van der Waals surface area contributed by atoms with Crippen molar-refractivity contribution in [1.82, 2.24) is 0 Å². The summed E-state index contributed by atoms with van der Waals surface area (Å²) in [5.41, 5.74) is 0. The minimum absolute atomic E-state index is 0.132. The highest BCUT2D eigenvalue weighted by molar-refractivity contribution is 6.37. The fraction of sp³-hybridized carbons (Fsp3) is 1.00. The Morgan fingerprint density at radius 3 is 2.82 bits per heavy atom. The summed E-state index contributed by atoms with van der Waals surface area (Å²) in [5, 5.41) is 9.74. The van der Waals surface area contributed by atoms with Crippen molar-refractivity contribution >= 4 is 7.28 Å². The lowest BCUT2D eigenvalue weighted by atomic mass is 9.59. The second kappa shape index (κ2) is 3.15. The molecule has 1 saturated heterocycles. The predicted molar refractivity (Wildman–Crippen MR) is 45.8 cm³/mol. The van der Waals surface area contributed by atoms with E-state index < -0.39 is 5.79 Å². The first kappa shape index (κ1) is 9.08. The quantitative estimate of drug-likeness (QED) is 0.536. The van der Waals surface area contributed by atoms with Gasteiger partial charge in [-0.3, -0.25) is 0 Å². The topological polar surface area (TPSA) is 29.5 Å². The average Bonchev–Trinajstić information content (AvgIpc) is 1.93. The molecular formula is C8H16BO2. The first-order chi connectivity index (χ1) is 5.02. The van der Waals surface area contributed by atoms with Gasteiger partial charge < -0.3 is 9.84 Å². The third kappa shape index (κ3) is 2.21. The molecule has 0 aromatic rings. The molecule has 0 aliphatic carbocycles. The first-order valence-electron chi connectivity index (χ1n) is 4.26. The van der Waals surface area contributed by atoms with E-state index >= 15 is 0 Å². The van der Waals surface area contributed by atoms with Gasteiger partial charge >= 0.3 is 0 Å². The van der Waals surface area contributed by atoms with Crippen molar-refractivity contribution in [2.45, 2.75) is 51.2 Å². The van der Waals surface area contributed by atoms with Gasteiger partial charge in [0, 0.05) is 0 Å². The molecule has 0 aromatic carbocycles. The van der Waals surface area contributed by atoms with E-state index in [-0.39, 0.29) is 11.9 Å². The summed E-state index contributed by atoms with van der Waals surface area (Å²) in [6, 6.07) is 0. The molecule has 0 spiro atoms. The molecule has 1 rings (SSSR count). The Morgan fingerprint density at radius 1 is 1.55 bits per heavy atom. The smallest absolute Gasteiger partial charge is 0.158 e. The second-order valence-electron chi connectivity index (χ2n) is 3.58. The van der Waals surface area contributed by atoms with Crippen LogP contribution in [0.4, 0.5) is 0 Å². The Bertz CT molecular complexity index is 136. The van der Waals surface area contributed by atoms with E-state index in [2.05, 4.69) is 7.28 Å². The van der Waals surface area contributed by atoms with Crippen LogP contribution in [0, 0.1) is 0 Å². The molecule has 0 aromatic heterocycles. The number of aliphatic hydroxyl groups is 1. The van der Waals surface area contributed by atoms with Crippen LogP contribution in [0.15, 0.2) is 0 Å². The number of hydrogen-bond donors (Lipinski definition) is 1. The molecule has 3 heteroatoms. The van der Waals surface area contributed by atoms with Gasteiger partial charge in [0.25, 0.3) is 0 Å². The van der Waals surface area contributed by atoms with Crippen LogP contribution in [0.25, 0.3) is 0 Å². The average molecular weight is 155 g/mol. The molecule has 0 saturated carbocycles. The lowest BCUT2D eigenvalue weighted by molar-refractivity contribution is -0.212. The third-order valence-electron chi connectivity index (χ3n) is 2.38. The van der Waals surface area contributed by atoms with Crippen molar-refractivity contribution in [1.29, 1.82) is 0 Å². The van der Waals surface area contributed by atoms with Crippen LogP contribution in [0.5, 0.6) is 0 Å². The summed E-state index contributed by atoms with van der Waals surface area (Å²) in [6.07, 6.45) is 2.23. The van der Waals surface area contributed by atoms with E-state index in [4.69, 9.17) is 4.74 Å². The molecule has 1 heterocycles. The second-order valence-corrected chi connectivity index (χ2v) is 3.58. The highest BCUT2D eigenvalue weighted by atomic mass is 16.6. The van der Waals surface area contributed by atoms with Crippen LogP contribution in [0.3, 0.4) is 0 Å². The maximum Gasteiger partial charge on any atom is 0.158 e. The molecule has 3 unspecified atom stereocenters. The summed E-state index contributed by atoms with van der Waals surface area (Å²) >= 11 is 0. The third-order valence-corrected chi connectivity index (χ3v) is 2.38. The molecule has 3 atom stereocenters. The molecule has 1 N–H and O–H groups in total. The van der Waals surface area contributed by atoms with Gasteiger partial charge in [0.05, 0.1) is 6.10 Å². The van der Waals surface area contributed by atoms with Gasteiger partial charge in [-0.2, -0.15) is 0 Å². The highest BCUT2D eigenvalue weighted by Gasteiger charge is 2.33. The van der Waals surface area contributed by atoms with Crippen LogP contribution in [-0.4, -0.2) is 24.3 Å². The van der Waals surface area contributed by atoms with Crippen LogP contribution < -0.4 is 0 Å². The van der Waals surface area contributed by atoms with E-state index in [9.17, 15) is 5.11 Å². The van der Waals surface area contributed by atoms with E-state index in [1.54, 1.807) is 6.92 Å². The standard InChI is InChI=1S/C8H16BO2/c1-6-4-5-9-7(2)8(3,10)11-6/h6-7,10H,4-5H2,1-3H3. The van der Waals surface area contributed by atoms with Crippen LogP contribution in [0.1, 0.15) is 27.2 Å². The minimum Gasteiger partial charge on any atom is -0.366 e. The maximum atomic E-state index is 9.74. The molecule has 1 aliphatic heterocycles. The fourth-order valence-corrected chi connectivity index (χ4v) is 1.37. The Kier molecular flexibility index (Phi) is 2.60. The van der Waals surface area contributed by atoms with Crippen molar-refractivity contribution in [3.05, 3.63) is 0 Å². The monoisotopic (exact) mass is 155 g/mol. The SMILES string of the molecule is CC1CC[B]C(C)C(C)(O)O1. The van der Waals surface area contributed by atoms with Crippen molar-refractivity contribution < 1.29 is 9.84 Å². The van der Waals surface area contributed by atoms with Crippen LogP contribution >= 0.6 is 0 Å². The molecule has 11 heavy (non-hydrogen) atoms. The van der Waals surface area contributed by atoms with Crippen molar-refractivity contribution in [3.63, 3.8) is 0 Å². The summed E-state index contributed by atoms with van der Waals surface area (Å²) < 4.78 is 5.44. The van der Waals surface area contributed by atoms with Gasteiger partial charge in [-0.15, -0.1) is 0 Å². The van der Waals surface area contributed by atoms with E-state index in [0.29, 0.717) is 0 Å². The largest absolute Gasteiger partial charge is 0.366 e. The van der Waals surface area contributed by atoms with Gasteiger partial charge in [0.15, 0.2) is 5.79 Å². The number of hydrogen-bond acceptors (Lipinski definition) is 2. The summed E-state index contributed by atoms with van der Waals surface area (Å²) in [4.78, 5) is 0.